The average molecular weight is 336 g/mol. The summed E-state index contributed by atoms with van der Waals surface area (Å²) >= 11 is 2.02. The lowest BCUT2D eigenvalue weighted by molar-refractivity contribution is -0.0878. The van der Waals surface area contributed by atoms with Crippen molar-refractivity contribution < 1.29 is 9.84 Å². The number of rotatable bonds is 4. The number of thiophene rings is 1. The highest BCUT2D eigenvalue weighted by Gasteiger charge is 2.50. The number of fused-ring (bicyclic) bond motifs is 1. The maximum Gasteiger partial charge on any atom is 0.0847 e. The molecule has 2 aliphatic carbocycles. The van der Waals surface area contributed by atoms with Crippen LogP contribution in [0.3, 0.4) is 0 Å². The standard InChI is InChI=1S/C19H29NO2S/c1-22-19-9-8-15(21)12-18(19)20(11-10-19)13-16-6-7-17(23-16)14-4-2-3-5-14/h6-7,14-15,18,21H,2-5,8-13H2,1H3/t15-,18-,19+/m0/s1. The first-order chi connectivity index (χ1) is 11.2. The van der Waals surface area contributed by atoms with Gasteiger partial charge in [0.1, 0.15) is 0 Å². The van der Waals surface area contributed by atoms with Crippen LogP contribution in [-0.4, -0.2) is 41.4 Å². The average Bonchev–Trinajstić information content (AvgIpc) is 3.28. The molecule has 3 nitrogen and oxygen atoms in total. The van der Waals surface area contributed by atoms with Crippen LogP contribution in [-0.2, 0) is 11.3 Å². The number of ether oxygens (including phenoxy) is 1. The summed E-state index contributed by atoms with van der Waals surface area (Å²) in [4.78, 5) is 5.65. The van der Waals surface area contributed by atoms with Crippen molar-refractivity contribution in [2.75, 3.05) is 13.7 Å². The fourth-order valence-corrected chi connectivity index (χ4v) is 6.28. The predicted molar refractivity (Wildman–Crippen MR) is 93.9 cm³/mol. The van der Waals surface area contributed by atoms with Crippen LogP contribution in [0, 0.1) is 0 Å². The smallest absolute Gasteiger partial charge is 0.0847 e. The Labute approximate surface area is 143 Å². The van der Waals surface area contributed by atoms with Gasteiger partial charge in [0.25, 0.3) is 0 Å². The molecule has 0 radical (unpaired) electrons. The van der Waals surface area contributed by atoms with Crippen molar-refractivity contribution in [2.45, 2.75) is 81.6 Å². The second kappa shape index (κ2) is 6.47. The first-order valence-electron chi connectivity index (χ1n) is 9.26. The predicted octanol–water partition coefficient (Wildman–Crippen LogP) is 3.91. The molecule has 23 heavy (non-hydrogen) atoms. The van der Waals surface area contributed by atoms with Gasteiger partial charge in [0.2, 0.25) is 0 Å². The van der Waals surface area contributed by atoms with E-state index in [2.05, 4.69) is 17.0 Å². The van der Waals surface area contributed by atoms with Gasteiger partial charge in [-0.15, -0.1) is 11.3 Å². The third-order valence-electron chi connectivity index (χ3n) is 6.47. The summed E-state index contributed by atoms with van der Waals surface area (Å²) in [6.07, 6.45) is 9.29. The van der Waals surface area contributed by atoms with Crippen LogP contribution in [0.5, 0.6) is 0 Å². The van der Waals surface area contributed by atoms with Gasteiger partial charge < -0.3 is 9.84 Å². The highest BCUT2D eigenvalue weighted by molar-refractivity contribution is 7.12. The van der Waals surface area contributed by atoms with Crippen LogP contribution in [0.4, 0.5) is 0 Å². The summed E-state index contributed by atoms with van der Waals surface area (Å²) in [5.41, 5.74) is -0.00915. The first-order valence-corrected chi connectivity index (χ1v) is 10.1. The lowest BCUT2D eigenvalue weighted by atomic mass is 9.79. The zero-order chi connectivity index (χ0) is 15.9. The van der Waals surface area contributed by atoms with Gasteiger partial charge in [-0.1, -0.05) is 12.8 Å². The molecule has 3 atom stereocenters. The first kappa shape index (κ1) is 16.1. The highest BCUT2D eigenvalue weighted by Crippen LogP contribution is 2.44. The molecule has 4 rings (SSSR count). The lowest BCUT2D eigenvalue weighted by Crippen LogP contribution is -2.51. The minimum Gasteiger partial charge on any atom is -0.393 e. The molecule has 1 saturated heterocycles. The van der Waals surface area contributed by atoms with E-state index in [4.69, 9.17) is 4.74 Å². The number of methoxy groups -OCH3 is 1. The Morgan fingerprint density at radius 2 is 2.09 bits per heavy atom. The van der Waals surface area contributed by atoms with Crippen molar-refractivity contribution >= 4 is 11.3 Å². The SMILES string of the molecule is CO[C@@]12CC[C@H](O)C[C@@H]1N(Cc1ccc(C3CCCC3)s1)CC2. The van der Waals surface area contributed by atoms with E-state index in [0.717, 1.165) is 44.7 Å². The van der Waals surface area contributed by atoms with E-state index in [1.54, 1.807) is 4.88 Å². The number of nitrogens with zero attached hydrogens (tertiary/aromatic N) is 1. The molecule has 0 unspecified atom stereocenters. The van der Waals surface area contributed by atoms with E-state index in [1.807, 2.05) is 18.4 Å². The zero-order valence-electron chi connectivity index (χ0n) is 14.2. The molecular formula is C19H29NO2S. The molecule has 1 aromatic heterocycles. The molecule has 0 bridgehead atoms. The van der Waals surface area contributed by atoms with Crippen molar-refractivity contribution in [2.24, 2.45) is 0 Å². The van der Waals surface area contributed by atoms with Crippen molar-refractivity contribution in [3.05, 3.63) is 21.9 Å². The normalized spacial score (nSPS) is 35.7. The minimum atomic E-state index is -0.152. The number of likely N-dealkylation sites (tertiary alicyclic amines) is 1. The largest absolute Gasteiger partial charge is 0.393 e. The van der Waals surface area contributed by atoms with Gasteiger partial charge in [0.05, 0.1) is 11.7 Å². The molecule has 2 heterocycles. The van der Waals surface area contributed by atoms with Gasteiger partial charge in [-0.25, -0.2) is 0 Å². The van der Waals surface area contributed by atoms with Gasteiger partial charge in [0, 0.05) is 36.0 Å². The van der Waals surface area contributed by atoms with Crippen LogP contribution >= 0.6 is 11.3 Å². The van der Waals surface area contributed by atoms with Gasteiger partial charge >= 0.3 is 0 Å². The number of aliphatic hydroxyl groups is 1. The van der Waals surface area contributed by atoms with Crippen LogP contribution < -0.4 is 0 Å². The Bertz CT molecular complexity index is 539. The highest BCUT2D eigenvalue weighted by atomic mass is 32.1. The Balaban J connectivity index is 1.46. The second-order valence-electron chi connectivity index (χ2n) is 7.72. The van der Waals surface area contributed by atoms with Crippen molar-refractivity contribution in [1.29, 1.82) is 0 Å². The molecule has 3 aliphatic rings. The molecule has 0 spiro atoms. The summed E-state index contributed by atoms with van der Waals surface area (Å²) in [6, 6.07) is 5.09. The summed E-state index contributed by atoms with van der Waals surface area (Å²) in [7, 11) is 1.86. The van der Waals surface area contributed by atoms with E-state index in [-0.39, 0.29) is 11.7 Å². The summed E-state index contributed by atoms with van der Waals surface area (Å²) < 4.78 is 5.96. The fraction of sp³-hybridized carbons (Fsp3) is 0.789. The Morgan fingerprint density at radius 1 is 1.26 bits per heavy atom. The van der Waals surface area contributed by atoms with Crippen molar-refractivity contribution in [3.63, 3.8) is 0 Å². The number of hydrogen-bond donors (Lipinski definition) is 1. The fourth-order valence-electron chi connectivity index (χ4n) is 5.07. The molecule has 0 aromatic carbocycles. The van der Waals surface area contributed by atoms with Crippen LogP contribution in [0.1, 0.15) is 67.0 Å². The van der Waals surface area contributed by atoms with Gasteiger partial charge in [-0.2, -0.15) is 0 Å². The third-order valence-corrected chi connectivity index (χ3v) is 7.70. The quantitative estimate of drug-likeness (QED) is 0.905. The topological polar surface area (TPSA) is 32.7 Å². The van der Waals surface area contributed by atoms with Crippen LogP contribution in [0.2, 0.25) is 0 Å². The van der Waals surface area contributed by atoms with E-state index in [1.165, 1.54) is 30.6 Å². The monoisotopic (exact) mass is 335 g/mol. The van der Waals surface area contributed by atoms with Crippen molar-refractivity contribution in [1.82, 2.24) is 4.90 Å². The van der Waals surface area contributed by atoms with Crippen LogP contribution in [0.15, 0.2) is 12.1 Å². The molecule has 0 amide bonds. The summed E-state index contributed by atoms with van der Waals surface area (Å²) in [6.45, 7) is 2.13. The van der Waals surface area contributed by atoms with E-state index in [9.17, 15) is 5.11 Å². The van der Waals surface area contributed by atoms with Crippen molar-refractivity contribution in [3.8, 4) is 0 Å². The zero-order valence-corrected chi connectivity index (χ0v) is 15.0. The van der Waals surface area contributed by atoms with Gasteiger partial charge in [-0.05, 0) is 56.6 Å². The molecular weight excluding hydrogens is 306 g/mol. The molecule has 4 heteroatoms. The molecule has 128 valence electrons. The maximum absolute atomic E-state index is 10.1. The molecule has 1 aliphatic heterocycles. The van der Waals surface area contributed by atoms with E-state index >= 15 is 0 Å². The van der Waals surface area contributed by atoms with Crippen LogP contribution in [0.25, 0.3) is 0 Å². The second-order valence-corrected chi connectivity index (χ2v) is 8.92. The molecule has 3 fully saturated rings. The summed E-state index contributed by atoms with van der Waals surface area (Å²) in [5, 5.41) is 10.1. The van der Waals surface area contributed by atoms with E-state index < -0.39 is 0 Å². The lowest BCUT2D eigenvalue weighted by Gasteiger charge is -2.42. The maximum atomic E-state index is 10.1. The molecule has 1 aromatic rings. The molecule has 1 N–H and O–H groups in total. The Morgan fingerprint density at radius 3 is 2.87 bits per heavy atom. The molecule has 2 saturated carbocycles. The number of aliphatic hydroxyl groups excluding tert-OH is 1. The third kappa shape index (κ3) is 2.99. The number of hydrogen-bond acceptors (Lipinski definition) is 4. The minimum absolute atomic E-state index is 0.00915. The Hall–Kier alpha value is -0.420. The van der Waals surface area contributed by atoms with E-state index in [0.29, 0.717) is 6.04 Å². The van der Waals surface area contributed by atoms with Gasteiger partial charge in [0.15, 0.2) is 0 Å². The summed E-state index contributed by atoms with van der Waals surface area (Å²) in [5.74, 6) is 0.821. The Kier molecular flexibility index (Phi) is 4.52. The van der Waals surface area contributed by atoms with Gasteiger partial charge in [-0.3, -0.25) is 4.90 Å².